The fraction of sp³-hybridized carbons (Fsp3) is 0.417. The zero-order valence-corrected chi connectivity index (χ0v) is 10.5. The number of rotatable bonds is 3. The molecule has 1 aromatic rings. The summed E-state index contributed by atoms with van der Waals surface area (Å²) < 4.78 is 50.3. The maximum atomic E-state index is 13.1. The van der Waals surface area contributed by atoms with Crippen molar-refractivity contribution in [2.24, 2.45) is 0 Å². The van der Waals surface area contributed by atoms with Crippen molar-refractivity contribution in [2.75, 3.05) is 12.3 Å². The number of carbonyl (C=O) groups is 1. The number of carbonyl (C=O) groups excluding carboxylic acids is 1. The molecule has 106 valence electrons. The number of nitrogen functional groups attached to an aromatic ring is 1. The van der Waals surface area contributed by atoms with E-state index in [1.165, 1.54) is 13.8 Å². The maximum absolute atomic E-state index is 13.1. The Kier molecular flexibility index (Phi) is 4.39. The van der Waals surface area contributed by atoms with E-state index in [1.54, 1.807) is 0 Å². The lowest BCUT2D eigenvalue weighted by Crippen LogP contribution is -2.43. The van der Waals surface area contributed by atoms with Crippen LogP contribution in [0.2, 0.25) is 0 Å². The summed E-state index contributed by atoms with van der Waals surface area (Å²) in [7, 11) is 0. The lowest BCUT2D eigenvalue weighted by atomic mass is 10.1. The molecule has 0 aliphatic heterocycles. The van der Waals surface area contributed by atoms with Crippen LogP contribution in [0.4, 0.5) is 23.2 Å². The van der Waals surface area contributed by atoms with E-state index < -0.39 is 30.5 Å². The quantitative estimate of drug-likeness (QED) is 0.682. The van der Waals surface area contributed by atoms with Gasteiger partial charge in [-0.1, -0.05) is 0 Å². The Morgan fingerprint density at radius 2 is 1.95 bits per heavy atom. The molecule has 0 spiro atoms. The van der Waals surface area contributed by atoms with E-state index in [0.717, 1.165) is 18.2 Å². The van der Waals surface area contributed by atoms with E-state index in [4.69, 9.17) is 5.73 Å². The highest BCUT2D eigenvalue weighted by Gasteiger charge is 2.35. The highest BCUT2D eigenvalue weighted by molar-refractivity contribution is 5.99. The van der Waals surface area contributed by atoms with Crippen LogP contribution in [-0.4, -0.2) is 29.6 Å². The van der Waals surface area contributed by atoms with E-state index in [1.807, 2.05) is 0 Å². The fourth-order valence-corrected chi connectivity index (χ4v) is 1.55. The summed E-state index contributed by atoms with van der Waals surface area (Å²) in [6.07, 6.45) is -4.53. The van der Waals surface area contributed by atoms with Crippen molar-refractivity contribution in [3.05, 3.63) is 29.6 Å². The number of nitrogens with two attached hydrogens (primary N) is 1. The largest absolute Gasteiger partial charge is 0.406 e. The van der Waals surface area contributed by atoms with Gasteiger partial charge < -0.3 is 10.6 Å². The molecule has 0 fully saturated rings. The second kappa shape index (κ2) is 5.46. The van der Waals surface area contributed by atoms with E-state index in [-0.39, 0.29) is 11.3 Å². The first-order valence-corrected chi connectivity index (χ1v) is 5.54. The van der Waals surface area contributed by atoms with Crippen molar-refractivity contribution in [3.8, 4) is 0 Å². The lowest BCUT2D eigenvalue weighted by molar-refractivity contribution is -0.143. The smallest absolute Gasteiger partial charge is 0.398 e. The van der Waals surface area contributed by atoms with Gasteiger partial charge in [0.1, 0.15) is 12.4 Å². The molecule has 0 aliphatic carbocycles. The van der Waals surface area contributed by atoms with Gasteiger partial charge in [0.2, 0.25) is 0 Å². The van der Waals surface area contributed by atoms with Gasteiger partial charge in [-0.25, -0.2) is 4.39 Å². The van der Waals surface area contributed by atoms with E-state index in [0.29, 0.717) is 4.90 Å². The summed E-state index contributed by atoms with van der Waals surface area (Å²) in [5, 5.41) is 0. The molecule has 0 aromatic heterocycles. The molecule has 0 atom stereocenters. The molecule has 0 aliphatic rings. The number of hydrogen-bond acceptors (Lipinski definition) is 2. The summed E-state index contributed by atoms with van der Waals surface area (Å²) in [5.74, 6) is -1.67. The van der Waals surface area contributed by atoms with Gasteiger partial charge in [-0.15, -0.1) is 0 Å². The summed E-state index contributed by atoms with van der Waals surface area (Å²) in [5.41, 5.74) is 5.17. The normalized spacial score (nSPS) is 11.7. The average Bonchev–Trinajstić information content (AvgIpc) is 2.27. The highest BCUT2D eigenvalue weighted by atomic mass is 19.4. The van der Waals surface area contributed by atoms with Crippen LogP contribution >= 0.6 is 0 Å². The minimum Gasteiger partial charge on any atom is -0.398 e. The Morgan fingerprint density at radius 3 is 2.42 bits per heavy atom. The van der Waals surface area contributed by atoms with Crippen LogP contribution in [0.25, 0.3) is 0 Å². The van der Waals surface area contributed by atoms with Gasteiger partial charge in [0, 0.05) is 11.7 Å². The maximum Gasteiger partial charge on any atom is 0.406 e. The molecule has 0 radical (unpaired) electrons. The van der Waals surface area contributed by atoms with E-state index >= 15 is 0 Å². The molecule has 19 heavy (non-hydrogen) atoms. The molecule has 1 rings (SSSR count). The molecule has 0 saturated carbocycles. The molecule has 1 aromatic carbocycles. The third-order valence-corrected chi connectivity index (χ3v) is 2.48. The van der Waals surface area contributed by atoms with Crippen molar-refractivity contribution in [3.63, 3.8) is 0 Å². The van der Waals surface area contributed by atoms with E-state index in [2.05, 4.69) is 0 Å². The first kappa shape index (κ1) is 15.3. The minimum atomic E-state index is -4.53. The van der Waals surface area contributed by atoms with Crippen molar-refractivity contribution in [2.45, 2.75) is 26.1 Å². The summed E-state index contributed by atoms with van der Waals surface area (Å²) in [6, 6.07) is 2.34. The standard InChI is InChI=1S/C12H14F4N2O/c1-7(2)18(6-12(14,15)16)11(19)9-5-8(13)3-4-10(9)17/h3-5,7H,6,17H2,1-2H3. The zero-order chi connectivity index (χ0) is 14.8. The molecule has 1 amide bonds. The molecular formula is C12H14F4N2O. The molecule has 3 nitrogen and oxygen atoms in total. The van der Waals surface area contributed by atoms with Crippen LogP contribution in [-0.2, 0) is 0 Å². The van der Waals surface area contributed by atoms with E-state index in [9.17, 15) is 22.4 Å². The molecule has 2 N–H and O–H groups in total. The van der Waals surface area contributed by atoms with Gasteiger partial charge in [-0.05, 0) is 32.0 Å². The third-order valence-electron chi connectivity index (χ3n) is 2.48. The van der Waals surface area contributed by atoms with Gasteiger partial charge in [0.15, 0.2) is 0 Å². The summed E-state index contributed by atoms with van der Waals surface area (Å²) in [6.45, 7) is 1.48. The van der Waals surface area contributed by atoms with Gasteiger partial charge >= 0.3 is 6.18 Å². The summed E-state index contributed by atoms with van der Waals surface area (Å²) in [4.78, 5) is 12.6. The highest BCUT2D eigenvalue weighted by Crippen LogP contribution is 2.22. The van der Waals surface area contributed by atoms with Crippen molar-refractivity contribution in [1.82, 2.24) is 4.90 Å². The number of nitrogens with zero attached hydrogens (tertiary/aromatic N) is 1. The molecule has 7 heteroatoms. The van der Waals surface area contributed by atoms with Crippen molar-refractivity contribution >= 4 is 11.6 Å². The van der Waals surface area contributed by atoms with Gasteiger partial charge in [0.05, 0.1) is 5.56 Å². The lowest BCUT2D eigenvalue weighted by Gasteiger charge is -2.28. The van der Waals surface area contributed by atoms with Gasteiger partial charge in [0.25, 0.3) is 5.91 Å². The Balaban J connectivity index is 3.09. The Morgan fingerprint density at radius 1 is 1.37 bits per heavy atom. The van der Waals surface area contributed by atoms with Gasteiger partial charge in [-0.2, -0.15) is 13.2 Å². The Labute approximate surface area is 108 Å². The Bertz CT molecular complexity index is 471. The minimum absolute atomic E-state index is 0.0563. The summed E-state index contributed by atoms with van der Waals surface area (Å²) >= 11 is 0. The van der Waals surface area contributed by atoms with Crippen molar-refractivity contribution in [1.29, 1.82) is 0 Å². The molecule has 0 unspecified atom stereocenters. The molecule has 0 saturated heterocycles. The van der Waals surface area contributed by atoms with Crippen LogP contribution < -0.4 is 5.73 Å². The number of amides is 1. The monoisotopic (exact) mass is 278 g/mol. The predicted octanol–water partition coefficient (Wildman–Crippen LogP) is 2.82. The van der Waals surface area contributed by atoms with Crippen LogP contribution in [0.15, 0.2) is 18.2 Å². The topological polar surface area (TPSA) is 46.3 Å². The molecular weight excluding hydrogens is 264 g/mol. The number of alkyl halides is 3. The predicted molar refractivity (Wildman–Crippen MR) is 63.0 cm³/mol. The SMILES string of the molecule is CC(C)N(CC(F)(F)F)C(=O)c1cc(F)ccc1N. The van der Waals surface area contributed by atoms with Crippen LogP contribution in [0, 0.1) is 5.82 Å². The second-order valence-electron chi connectivity index (χ2n) is 4.37. The third kappa shape index (κ3) is 4.11. The van der Waals surface area contributed by atoms with Crippen LogP contribution in [0.3, 0.4) is 0 Å². The molecule has 0 heterocycles. The first-order chi connectivity index (χ1) is 8.61. The second-order valence-corrected chi connectivity index (χ2v) is 4.37. The van der Waals surface area contributed by atoms with Gasteiger partial charge in [-0.3, -0.25) is 4.79 Å². The van der Waals surface area contributed by atoms with Crippen LogP contribution in [0.1, 0.15) is 24.2 Å². The number of benzene rings is 1. The zero-order valence-electron chi connectivity index (χ0n) is 10.5. The first-order valence-electron chi connectivity index (χ1n) is 5.54. The van der Waals surface area contributed by atoms with Crippen molar-refractivity contribution < 1.29 is 22.4 Å². The average molecular weight is 278 g/mol. The number of anilines is 1. The fourth-order valence-electron chi connectivity index (χ4n) is 1.55. The Hall–Kier alpha value is -1.79. The number of hydrogen-bond donors (Lipinski definition) is 1. The van der Waals surface area contributed by atoms with Crippen LogP contribution in [0.5, 0.6) is 0 Å². The number of halogens is 4. The molecule has 0 bridgehead atoms.